The molecule has 0 aliphatic rings. The van der Waals surface area contributed by atoms with Crippen molar-refractivity contribution in [1.29, 1.82) is 0 Å². The molecule has 94 valence electrons. The van der Waals surface area contributed by atoms with Gasteiger partial charge in [0.2, 0.25) is 0 Å². The van der Waals surface area contributed by atoms with Crippen LogP contribution in [0.25, 0.3) is 10.9 Å². The number of aromatic nitrogens is 1. The van der Waals surface area contributed by atoms with Crippen molar-refractivity contribution in [2.45, 2.75) is 19.8 Å². The normalized spacial score (nSPS) is 10.8. The number of aliphatic carboxylic acids is 1. The number of aryl methyl sites for hydroxylation is 2. The summed E-state index contributed by atoms with van der Waals surface area (Å²) in [5.41, 5.74) is 2.45. The predicted molar refractivity (Wildman–Crippen MR) is 72.5 cm³/mol. The third kappa shape index (κ3) is 2.57. The number of halogens is 2. The Morgan fingerprint density at radius 1 is 1.39 bits per heavy atom. The second-order valence-corrected chi connectivity index (χ2v) is 4.86. The van der Waals surface area contributed by atoms with Gasteiger partial charge in [0, 0.05) is 16.8 Å². The van der Waals surface area contributed by atoms with Gasteiger partial charge in [-0.15, -0.1) is 0 Å². The molecule has 0 amide bonds. The van der Waals surface area contributed by atoms with E-state index in [2.05, 4.69) is 4.98 Å². The van der Waals surface area contributed by atoms with Gasteiger partial charge in [0.25, 0.3) is 0 Å². The van der Waals surface area contributed by atoms with Crippen LogP contribution in [0.15, 0.2) is 18.2 Å². The molecule has 18 heavy (non-hydrogen) atoms. The van der Waals surface area contributed by atoms with Crippen molar-refractivity contribution in [3.63, 3.8) is 0 Å². The van der Waals surface area contributed by atoms with Crippen LogP contribution < -0.4 is 0 Å². The summed E-state index contributed by atoms with van der Waals surface area (Å²) in [7, 11) is 0. The van der Waals surface area contributed by atoms with E-state index in [4.69, 9.17) is 28.3 Å². The first-order chi connectivity index (χ1) is 8.49. The molecule has 5 heteroatoms. The smallest absolute Gasteiger partial charge is 0.303 e. The van der Waals surface area contributed by atoms with Crippen LogP contribution in [0.5, 0.6) is 0 Å². The van der Waals surface area contributed by atoms with Crippen LogP contribution in [-0.2, 0) is 11.2 Å². The van der Waals surface area contributed by atoms with E-state index in [-0.39, 0.29) is 6.42 Å². The Labute approximate surface area is 114 Å². The summed E-state index contributed by atoms with van der Waals surface area (Å²) in [6.45, 7) is 1.93. The molecule has 0 saturated heterocycles. The van der Waals surface area contributed by atoms with E-state index < -0.39 is 5.97 Å². The maximum Gasteiger partial charge on any atom is 0.303 e. The molecule has 3 nitrogen and oxygen atoms in total. The minimum Gasteiger partial charge on any atom is -0.481 e. The minimum atomic E-state index is -0.860. The summed E-state index contributed by atoms with van der Waals surface area (Å²) < 4.78 is 0. The fourth-order valence-corrected chi connectivity index (χ4v) is 2.24. The van der Waals surface area contributed by atoms with Crippen LogP contribution in [-0.4, -0.2) is 16.1 Å². The van der Waals surface area contributed by atoms with Crippen LogP contribution >= 0.6 is 23.2 Å². The van der Waals surface area contributed by atoms with Crippen LogP contribution in [0.4, 0.5) is 0 Å². The molecule has 2 rings (SSSR count). The Bertz CT molecular complexity index is 626. The number of benzene rings is 1. The molecule has 0 aliphatic carbocycles. The summed E-state index contributed by atoms with van der Waals surface area (Å²) in [5, 5.41) is 10.4. The highest BCUT2D eigenvalue weighted by molar-refractivity contribution is 6.36. The Morgan fingerprint density at radius 3 is 2.78 bits per heavy atom. The number of fused-ring (bicyclic) bond motifs is 1. The van der Waals surface area contributed by atoms with Gasteiger partial charge in [0.1, 0.15) is 5.15 Å². The summed E-state index contributed by atoms with van der Waals surface area (Å²) in [6, 6.07) is 5.50. The Morgan fingerprint density at radius 2 is 2.11 bits per heavy atom. The quantitative estimate of drug-likeness (QED) is 0.870. The van der Waals surface area contributed by atoms with Crippen molar-refractivity contribution in [2.75, 3.05) is 0 Å². The molecular weight excluding hydrogens is 273 g/mol. The number of carboxylic acids is 1. The molecule has 0 saturated carbocycles. The van der Waals surface area contributed by atoms with E-state index in [0.29, 0.717) is 22.2 Å². The van der Waals surface area contributed by atoms with E-state index in [0.717, 1.165) is 16.5 Å². The third-order valence-electron chi connectivity index (χ3n) is 2.77. The lowest BCUT2D eigenvalue weighted by Gasteiger charge is -2.08. The van der Waals surface area contributed by atoms with Crippen LogP contribution in [0, 0.1) is 6.92 Å². The van der Waals surface area contributed by atoms with Gasteiger partial charge in [0.05, 0.1) is 5.52 Å². The Kier molecular flexibility index (Phi) is 3.73. The second kappa shape index (κ2) is 5.12. The predicted octanol–water partition coefficient (Wildman–Crippen LogP) is 3.87. The summed E-state index contributed by atoms with van der Waals surface area (Å²) in [6.07, 6.45) is 0.373. The molecule has 0 radical (unpaired) electrons. The maximum atomic E-state index is 10.6. The zero-order valence-corrected chi connectivity index (χ0v) is 11.2. The fraction of sp³-hybridized carbons (Fsp3) is 0.231. The van der Waals surface area contributed by atoms with E-state index >= 15 is 0 Å². The zero-order chi connectivity index (χ0) is 13.3. The van der Waals surface area contributed by atoms with Gasteiger partial charge in [-0.05, 0) is 36.6 Å². The highest BCUT2D eigenvalue weighted by Gasteiger charge is 2.10. The molecule has 0 bridgehead atoms. The first kappa shape index (κ1) is 13.1. The topological polar surface area (TPSA) is 50.2 Å². The van der Waals surface area contributed by atoms with Gasteiger partial charge in [-0.3, -0.25) is 4.79 Å². The second-order valence-electron chi connectivity index (χ2n) is 4.09. The lowest BCUT2D eigenvalue weighted by atomic mass is 10.1. The number of carboxylic acid groups (broad SMARTS) is 1. The van der Waals surface area contributed by atoms with Gasteiger partial charge in [-0.2, -0.15) is 0 Å². The molecule has 2 aromatic rings. The number of pyridine rings is 1. The number of hydrogen-bond donors (Lipinski definition) is 1. The van der Waals surface area contributed by atoms with E-state index in [1.54, 1.807) is 6.07 Å². The monoisotopic (exact) mass is 283 g/mol. The molecule has 0 aliphatic heterocycles. The summed E-state index contributed by atoms with van der Waals surface area (Å²) in [4.78, 5) is 14.9. The van der Waals surface area contributed by atoms with Gasteiger partial charge < -0.3 is 5.11 Å². The van der Waals surface area contributed by atoms with Gasteiger partial charge in [-0.1, -0.05) is 29.3 Å². The average Bonchev–Trinajstić information content (AvgIpc) is 2.32. The highest BCUT2D eigenvalue weighted by atomic mass is 35.5. The first-order valence-electron chi connectivity index (χ1n) is 5.45. The number of carbonyl (C=O) groups is 1. The maximum absolute atomic E-state index is 10.6. The summed E-state index contributed by atoms with van der Waals surface area (Å²) >= 11 is 12.2. The van der Waals surface area contributed by atoms with E-state index in [1.807, 2.05) is 19.1 Å². The van der Waals surface area contributed by atoms with E-state index in [1.165, 1.54) is 0 Å². The zero-order valence-electron chi connectivity index (χ0n) is 9.70. The first-order valence-corrected chi connectivity index (χ1v) is 6.20. The van der Waals surface area contributed by atoms with Crippen LogP contribution in [0.1, 0.15) is 17.5 Å². The lowest BCUT2D eigenvalue weighted by Crippen LogP contribution is -1.99. The molecule has 0 unspecified atom stereocenters. The highest BCUT2D eigenvalue weighted by Crippen LogP contribution is 2.29. The molecule has 0 spiro atoms. The fourth-order valence-electron chi connectivity index (χ4n) is 1.80. The SMILES string of the molecule is Cc1ccc(Cl)c2cc(CCC(=O)O)c(Cl)nc12. The standard InChI is InChI=1S/C13H11Cl2NO2/c1-7-2-4-10(14)9-6-8(3-5-11(17)18)13(15)16-12(7)9/h2,4,6H,3,5H2,1H3,(H,17,18). The van der Waals surface area contributed by atoms with Gasteiger partial charge in [-0.25, -0.2) is 4.98 Å². The Hall–Kier alpha value is -1.32. The minimum absolute atomic E-state index is 0.0241. The van der Waals surface area contributed by atoms with Crippen molar-refractivity contribution in [3.8, 4) is 0 Å². The molecule has 0 fully saturated rings. The molecular formula is C13H11Cl2NO2. The average molecular weight is 284 g/mol. The van der Waals surface area contributed by atoms with Crippen molar-refractivity contribution >= 4 is 40.1 Å². The summed E-state index contributed by atoms with van der Waals surface area (Å²) in [5.74, 6) is -0.860. The van der Waals surface area contributed by atoms with Crippen molar-refractivity contribution in [2.24, 2.45) is 0 Å². The van der Waals surface area contributed by atoms with Crippen LogP contribution in [0.3, 0.4) is 0 Å². The van der Waals surface area contributed by atoms with Crippen LogP contribution in [0.2, 0.25) is 10.2 Å². The van der Waals surface area contributed by atoms with Crippen molar-refractivity contribution in [1.82, 2.24) is 4.98 Å². The lowest BCUT2D eigenvalue weighted by molar-refractivity contribution is -0.136. The molecule has 0 atom stereocenters. The van der Waals surface area contributed by atoms with Crippen molar-refractivity contribution < 1.29 is 9.90 Å². The Balaban J connectivity index is 2.54. The largest absolute Gasteiger partial charge is 0.481 e. The van der Waals surface area contributed by atoms with E-state index in [9.17, 15) is 4.79 Å². The van der Waals surface area contributed by atoms with Gasteiger partial charge >= 0.3 is 5.97 Å². The van der Waals surface area contributed by atoms with Gasteiger partial charge in [0.15, 0.2) is 0 Å². The number of nitrogens with zero attached hydrogens (tertiary/aromatic N) is 1. The number of rotatable bonds is 3. The number of hydrogen-bond acceptors (Lipinski definition) is 2. The molecule has 1 heterocycles. The molecule has 1 N–H and O–H groups in total. The molecule has 1 aromatic heterocycles. The third-order valence-corrected chi connectivity index (χ3v) is 3.42. The van der Waals surface area contributed by atoms with Crippen molar-refractivity contribution in [3.05, 3.63) is 39.5 Å². The molecule has 1 aromatic carbocycles.